The van der Waals surface area contributed by atoms with Gasteiger partial charge in [0, 0.05) is 24.7 Å². The Labute approximate surface area is 103 Å². The molecule has 4 nitrogen and oxygen atoms in total. The van der Waals surface area contributed by atoms with Crippen molar-refractivity contribution in [2.24, 2.45) is 0 Å². The Hall–Kier alpha value is -0.840. The van der Waals surface area contributed by atoms with Crippen LogP contribution in [0.2, 0.25) is 0 Å². The van der Waals surface area contributed by atoms with Gasteiger partial charge in [0.05, 0.1) is 26.0 Å². The fraction of sp³-hybridized carbons (Fsp3) is 0.692. The molecule has 0 aliphatic carbocycles. The minimum absolute atomic E-state index is 0.473. The quantitative estimate of drug-likeness (QED) is 0.845. The van der Waals surface area contributed by atoms with Gasteiger partial charge < -0.3 is 14.5 Å². The van der Waals surface area contributed by atoms with Crippen LogP contribution in [0.15, 0.2) is 16.7 Å². The van der Waals surface area contributed by atoms with E-state index in [0.717, 1.165) is 45.2 Å². The lowest BCUT2D eigenvalue weighted by Crippen LogP contribution is -2.43. The molecule has 1 fully saturated rings. The van der Waals surface area contributed by atoms with Crippen LogP contribution in [-0.2, 0) is 17.8 Å². The van der Waals surface area contributed by atoms with Crippen LogP contribution >= 0.6 is 0 Å². The maximum Gasteiger partial charge on any atom is 0.122 e. The zero-order chi connectivity index (χ0) is 12.1. The van der Waals surface area contributed by atoms with Gasteiger partial charge in [-0.25, -0.2) is 0 Å². The van der Waals surface area contributed by atoms with E-state index < -0.39 is 0 Å². The molecule has 0 saturated carbocycles. The molecule has 0 bridgehead atoms. The van der Waals surface area contributed by atoms with Gasteiger partial charge in [0.1, 0.15) is 5.76 Å². The smallest absolute Gasteiger partial charge is 0.122 e. The number of hydrogen-bond donors (Lipinski definition) is 1. The molecular weight excluding hydrogens is 216 g/mol. The van der Waals surface area contributed by atoms with Gasteiger partial charge in [-0.05, 0) is 19.5 Å². The van der Waals surface area contributed by atoms with Crippen LogP contribution in [0, 0.1) is 0 Å². The molecule has 1 aliphatic heterocycles. The van der Waals surface area contributed by atoms with E-state index in [2.05, 4.69) is 30.1 Å². The highest BCUT2D eigenvalue weighted by Gasteiger charge is 2.20. The number of furan rings is 1. The lowest BCUT2D eigenvalue weighted by atomic mass is 10.2. The lowest BCUT2D eigenvalue weighted by molar-refractivity contribution is -0.00725. The first-order valence-corrected chi connectivity index (χ1v) is 6.39. The molecule has 0 spiro atoms. The molecule has 2 rings (SSSR count). The van der Waals surface area contributed by atoms with Crippen molar-refractivity contribution >= 4 is 0 Å². The largest absolute Gasteiger partial charge is 0.468 e. The van der Waals surface area contributed by atoms with E-state index in [0.29, 0.717) is 6.04 Å². The highest BCUT2D eigenvalue weighted by molar-refractivity contribution is 5.17. The van der Waals surface area contributed by atoms with Crippen LogP contribution in [0.4, 0.5) is 0 Å². The Morgan fingerprint density at radius 3 is 3.18 bits per heavy atom. The molecule has 1 aromatic rings. The van der Waals surface area contributed by atoms with Crippen molar-refractivity contribution in [3.63, 3.8) is 0 Å². The minimum atomic E-state index is 0.473. The first-order chi connectivity index (χ1) is 8.31. The number of morpholine rings is 1. The molecule has 1 unspecified atom stereocenters. The van der Waals surface area contributed by atoms with Crippen LogP contribution < -0.4 is 5.32 Å². The summed E-state index contributed by atoms with van der Waals surface area (Å²) < 4.78 is 11.0. The molecule has 0 aromatic carbocycles. The molecule has 96 valence electrons. The molecule has 1 saturated heterocycles. The van der Waals surface area contributed by atoms with E-state index in [4.69, 9.17) is 9.15 Å². The summed E-state index contributed by atoms with van der Waals surface area (Å²) in [5, 5.41) is 3.34. The van der Waals surface area contributed by atoms with Gasteiger partial charge in [-0.1, -0.05) is 6.92 Å². The molecule has 0 radical (unpaired) electrons. The third-order valence-corrected chi connectivity index (χ3v) is 3.26. The van der Waals surface area contributed by atoms with Crippen molar-refractivity contribution < 1.29 is 9.15 Å². The Balaban J connectivity index is 1.95. The molecule has 17 heavy (non-hydrogen) atoms. The fourth-order valence-corrected chi connectivity index (χ4v) is 2.10. The zero-order valence-electron chi connectivity index (χ0n) is 10.7. The van der Waals surface area contributed by atoms with Crippen LogP contribution in [0.3, 0.4) is 0 Å². The summed E-state index contributed by atoms with van der Waals surface area (Å²) in [6, 6.07) is 2.53. The van der Waals surface area contributed by atoms with Crippen molar-refractivity contribution in [2.75, 3.05) is 26.3 Å². The molecule has 1 aromatic heterocycles. The normalized spacial score (nSPS) is 21.9. The highest BCUT2D eigenvalue weighted by Crippen LogP contribution is 2.16. The maximum atomic E-state index is 5.59. The fourth-order valence-electron chi connectivity index (χ4n) is 2.10. The van der Waals surface area contributed by atoms with Gasteiger partial charge in [0.15, 0.2) is 0 Å². The Morgan fingerprint density at radius 1 is 1.53 bits per heavy atom. The minimum Gasteiger partial charge on any atom is -0.468 e. The molecule has 1 atom stereocenters. The lowest BCUT2D eigenvalue weighted by Gasteiger charge is -2.32. The highest BCUT2D eigenvalue weighted by atomic mass is 16.5. The summed E-state index contributed by atoms with van der Waals surface area (Å²) in [7, 11) is 0. The molecule has 4 heteroatoms. The third kappa shape index (κ3) is 3.31. The average molecular weight is 238 g/mol. The second-order valence-electron chi connectivity index (χ2n) is 4.54. The van der Waals surface area contributed by atoms with Crippen molar-refractivity contribution in [3.8, 4) is 0 Å². The van der Waals surface area contributed by atoms with Crippen molar-refractivity contribution in [1.29, 1.82) is 0 Å². The standard InChI is InChI=1S/C13H22N2O2/c1-3-14-8-12-4-6-17-13(12)9-15-5-7-16-10-11(15)2/h4,6,11,14H,3,5,7-10H2,1-2H3. The van der Waals surface area contributed by atoms with E-state index in [1.54, 1.807) is 6.26 Å². The molecule has 1 N–H and O–H groups in total. The predicted molar refractivity (Wildman–Crippen MR) is 66.8 cm³/mol. The molecule has 1 aliphatic rings. The summed E-state index contributed by atoms with van der Waals surface area (Å²) in [6.07, 6.45) is 1.78. The van der Waals surface area contributed by atoms with Gasteiger partial charge in [0.25, 0.3) is 0 Å². The monoisotopic (exact) mass is 238 g/mol. The van der Waals surface area contributed by atoms with Crippen LogP contribution in [0.5, 0.6) is 0 Å². The average Bonchev–Trinajstić information content (AvgIpc) is 2.77. The summed E-state index contributed by atoms with van der Waals surface area (Å²) in [4.78, 5) is 2.41. The van der Waals surface area contributed by atoms with Gasteiger partial charge in [-0.15, -0.1) is 0 Å². The summed E-state index contributed by atoms with van der Waals surface area (Å²) in [6.45, 7) is 9.72. The first-order valence-electron chi connectivity index (χ1n) is 6.39. The SMILES string of the molecule is CCNCc1ccoc1CN1CCOCC1C. The number of nitrogens with zero attached hydrogens (tertiary/aromatic N) is 1. The zero-order valence-corrected chi connectivity index (χ0v) is 10.7. The topological polar surface area (TPSA) is 37.6 Å². The van der Waals surface area contributed by atoms with E-state index in [9.17, 15) is 0 Å². The third-order valence-electron chi connectivity index (χ3n) is 3.26. The number of rotatable bonds is 5. The maximum absolute atomic E-state index is 5.59. The van der Waals surface area contributed by atoms with E-state index in [-0.39, 0.29) is 0 Å². The molecule has 2 heterocycles. The first kappa shape index (κ1) is 12.6. The van der Waals surface area contributed by atoms with E-state index >= 15 is 0 Å². The van der Waals surface area contributed by atoms with Crippen LogP contribution in [-0.4, -0.2) is 37.2 Å². The van der Waals surface area contributed by atoms with Gasteiger partial charge in [-0.2, -0.15) is 0 Å². The van der Waals surface area contributed by atoms with Crippen molar-refractivity contribution in [3.05, 3.63) is 23.7 Å². The summed E-state index contributed by atoms with van der Waals surface area (Å²) >= 11 is 0. The number of nitrogens with one attached hydrogen (secondary N) is 1. The van der Waals surface area contributed by atoms with E-state index in [1.165, 1.54) is 5.56 Å². The van der Waals surface area contributed by atoms with E-state index in [1.807, 2.05) is 0 Å². The van der Waals surface area contributed by atoms with Gasteiger partial charge >= 0.3 is 0 Å². The second-order valence-corrected chi connectivity index (χ2v) is 4.54. The molecule has 0 amide bonds. The van der Waals surface area contributed by atoms with Crippen molar-refractivity contribution in [2.45, 2.75) is 33.0 Å². The summed E-state index contributed by atoms with van der Waals surface area (Å²) in [5.74, 6) is 1.08. The van der Waals surface area contributed by atoms with Crippen LogP contribution in [0.25, 0.3) is 0 Å². The van der Waals surface area contributed by atoms with Gasteiger partial charge in [0.2, 0.25) is 0 Å². The number of ether oxygens (including phenoxy) is 1. The Morgan fingerprint density at radius 2 is 2.41 bits per heavy atom. The Kier molecular flexibility index (Phi) is 4.59. The van der Waals surface area contributed by atoms with Crippen LogP contribution in [0.1, 0.15) is 25.2 Å². The molecular formula is C13H22N2O2. The second kappa shape index (κ2) is 6.19. The van der Waals surface area contributed by atoms with Gasteiger partial charge in [-0.3, -0.25) is 4.90 Å². The summed E-state index contributed by atoms with van der Waals surface area (Å²) in [5.41, 5.74) is 1.27. The van der Waals surface area contributed by atoms with Crippen molar-refractivity contribution in [1.82, 2.24) is 10.2 Å². The predicted octanol–water partition coefficient (Wildman–Crippen LogP) is 1.61. The Bertz CT molecular complexity index is 338. The number of hydrogen-bond acceptors (Lipinski definition) is 4.